The van der Waals surface area contributed by atoms with Crippen LogP contribution in [0.5, 0.6) is 0 Å². The van der Waals surface area contributed by atoms with E-state index in [0.717, 1.165) is 18.9 Å². The van der Waals surface area contributed by atoms with Gasteiger partial charge in [-0.1, -0.05) is 0 Å². The number of carbonyl (C=O) groups is 1. The topological polar surface area (TPSA) is 70.7 Å². The van der Waals surface area contributed by atoms with Gasteiger partial charge in [0.2, 0.25) is 0 Å². The summed E-state index contributed by atoms with van der Waals surface area (Å²) >= 11 is 0. The highest BCUT2D eigenvalue weighted by Gasteiger charge is 2.15. The number of aromatic carboxylic acids is 1. The lowest BCUT2D eigenvalue weighted by Gasteiger charge is -2.15. The molecule has 1 aliphatic heterocycles. The zero-order chi connectivity index (χ0) is 11.8. The molecule has 6 nitrogen and oxygen atoms in total. The van der Waals surface area contributed by atoms with Gasteiger partial charge in [-0.2, -0.15) is 0 Å². The molecule has 6 heteroatoms. The van der Waals surface area contributed by atoms with Crippen LogP contribution in [0, 0.1) is 0 Å². The summed E-state index contributed by atoms with van der Waals surface area (Å²) in [5.74, 6) is -0.150. The van der Waals surface area contributed by atoms with Gasteiger partial charge in [0, 0.05) is 13.1 Å². The summed E-state index contributed by atoms with van der Waals surface area (Å²) in [6, 6.07) is 3.69. The van der Waals surface area contributed by atoms with Crippen molar-refractivity contribution in [3.05, 3.63) is 24.0 Å². The molecule has 0 radical (unpaired) electrons. The van der Waals surface area contributed by atoms with Crippen molar-refractivity contribution in [1.82, 2.24) is 14.6 Å². The van der Waals surface area contributed by atoms with E-state index < -0.39 is 5.97 Å². The first-order chi connectivity index (χ1) is 8.24. The van der Waals surface area contributed by atoms with E-state index in [9.17, 15) is 4.79 Å². The van der Waals surface area contributed by atoms with Crippen LogP contribution in [0.3, 0.4) is 0 Å². The Labute approximate surface area is 97.5 Å². The fourth-order valence-corrected chi connectivity index (χ4v) is 2.09. The smallest absolute Gasteiger partial charge is 0.356 e. The molecule has 0 atom stereocenters. The normalized spacial score (nSPS) is 15.6. The largest absolute Gasteiger partial charge is 0.476 e. The fraction of sp³-hybridized carbons (Fsp3) is 0.364. The summed E-state index contributed by atoms with van der Waals surface area (Å²) in [5, 5.41) is 13.2. The first-order valence-corrected chi connectivity index (χ1v) is 5.59. The quantitative estimate of drug-likeness (QED) is 0.837. The van der Waals surface area contributed by atoms with Crippen LogP contribution >= 0.6 is 0 Å². The van der Waals surface area contributed by atoms with Gasteiger partial charge in [0.1, 0.15) is 5.82 Å². The van der Waals surface area contributed by atoms with Crippen LogP contribution in [0.4, 0.5) is 5.82 Å². The molecule has 1 saturated heterocycles. The SMILES string of the molecule is O=C(O)c1cn2nc(N3CCCC3)ccc2n1. The van der Waals surface area contributed by atoms with E-state index in [2.05, 4.69) is 15.0 Å². The fourth-order valence-electron chi connectivity index (χ4n) is 2.09. The minimum absolute atomic E-state index is 0.0241. The van der Waals surface area contributed by atoms with Gasteiger partial charge >= 0.3 is 5.97 Å². The average molecular weight is 232 g/mol. The lowest BCUT2D eigenvalue weighted by Crippen LogP contribution is -2.19. The van der Waals surface area contributed by atoms with Gasteiger partial charge < -0.3 is 10.0 Å². The standard InChI is InChI=1S/C11H12N4O2/c16-11(17)8-7-15-9(12-8)3-4-10(13-15)14-5-1-2-6-14/h3-4,7H,1-2,5-6H2,(H,16,17). The molecule has 3 rings (SSSR count). The third kappa shape index (κ3) is 1.71. The van der Waals surface area contributed by atoms with Crippen LogP contribution in [0.15, 0.2) is 18.3 Å². The molecule has 88 valence electrons. The van der Waals surface area contributed by atoms with E-state index >= 15 is 0 Å². The van der Waals surface area contributed by atoms with Crippen molar-refractivity contribution in [3.8, 4) is 0 Å². The molecule has 3 heterocycles. The monoisotopic (exact) mass is 232 g/mol. The van der Waals surface area contributed by atoms with E-state index in [0.29, 0.717) is 5.65 Å². The number of hydrogen-bond acceptors (Lipinski definition) is 4. The van der Waals surface area contributed by atoms with E-state index in [1.807, 2.05) is 6.07 Å². The number of aromatic nitrogens is 3. The molecule has 1 fully saturated rings. The van der Waals surface area contributed by atoms with E-state index in [1.165, 1.54) is 23.6 Å². The van der Waals surface area contributed by atoms with Crippen molar-refractivity contribution in [2.75, 3.05) is 18.0 Å². The van der Waals surface area contributed by atoms with Gasteiger partial charge in [-0.25, -0.2) is 14.3 Å². The molecule has 0 saturated carbocycles. The predicted octanol–water partition coefficient (Wildman–Crippen LogP) is 1.03. The molecule has 0 amide bonds. The Morgan fingerprint density at radius 2 is 2.06 bits per heavy atom. The number of nitrogens with zero attached hydrogens (tertiary/aromatic N) is 4. The number of rotatable bonds is 2. The lowest BCUT2D eigenvalue weighted by atomic mass is 10.4. The minimum atomic E-state index is -1.03. The molecule has 2 aromatic rings. The Bertz CT molecular complexity index is 572. The summed E-state index contributed by atoms with van der Waals surface area (Å²) in [5.41, 5.74) is 0.585. The number of carboxylic acid groups (broad SMARTS) is 1. The second-order valence-corrected chi connectivity index (χ2v) is 4.12. The Kier molecular flexibility index (Phi) is 2.21. The number of carboxylic acids is 1. The Balaban J connectivity index is 2.02. The van der Waals surface area contributed by atoms with Gasteiger partial charge in [0.15, 0.2) is 11.3 Å². The number of hydrogen-bond donors (Lipinski definition) is 1. The van der Waals surface area contributed by atoms with Gasteiger partial charge in [-0.15, -0.1) is 5.10 Å². The van der Waals surface area contributed by atoms with Crippen LogP contribution in [0.25, 0.3) is 5.65 Å². The van der Waals surface area contributed by atoms with E-state index in [1.54, 1.807) is 6.07 Å². The lowest BCUT2D eigenvalue weighted by molar-refractivity contribution is 0.0691. The van der Waals surface area contributed by atoms with Crippen molar-refractivity contribution in [2.45, 2.75) is 12.8 Å². The van der Waals surface area contributed by atoms with Gasteiger partial charge in [0.05, 0.1) is 6.20 Å². The third-order valence-electron chi connectivity index (χ3n) is 2.96. The molecule has 0 unspecified atom stereocenters. The van der Waals surface area contributed by atoms with Crippen LogP contribution in [0.1, 0.15) is 23.3 Å². The highest BCUT2D eigenvalue weighted by atomic mass is 16.4. The van der Waals surface area contributed by atoms with Crippen LogP contribution in [-0.4, -0.2) is 38.8 Å². The molecule has 0 bridgehead atoms. The Morgan fingerprint density at radius 3 is 2.76 bits per heavy atom. The Morgan fingerprint density at radius 1 is 1.29 bits per heavy atom. The first kappa shape index (κ1) is 10.1. The van der Waals surface area contributed by atoms with Crippen LogP contribution in [-0.2, 0) is 0 Å². The van der Waals surface area contributed by atoms with Crippen molar-refractivity contribution in [2.24, 2.45) is 0 Å². The van der Waals surface area contributed by atoms with Gasteiger partial charge in [-0.3, -0.25) is 0 Å². The number of imidazole rings is 1. The molecule has 17 heavy (non-hydrogen) atoms. The molecule has 1 aliphatic rings. The highest BCUT2D eigenvalue weighted by molar-refractivity contribution is 5.86. The van der Waals surface area contributed by atoms with E-state index in [-0.39, 0.29) is 5.69 Å². The molecule has 1 N–H and O–H groups in total. The summed E-state index contributed by atoms with van der Waals surface area (Å²) < 4.78 is 1.52. The van der Waals surface area contributed by atoms with Crippen molar-refractivity contribution >= 4 is 17.4 Å². The second-order valence-electron chi connectivity index (χ2n) is 4.12. The summed E-state index contributed by atoms with van der Waals surface area (Å²) in [7, 11) is 0. The average Bonchev–Trinajstić information content (AvgIpc) is 2.97. The number of fused-ring (bicyclic) bond motifs is 1. The summed E-state index contributed by atoms with van der Waals surface area (Å²) in [6.07, 6.45) is 3.81. The minimum Gasteiger partial charge on any atom is -0.476 e. The Hall–Kier alpha value is -2.11. The molecular formula is C11H12N4O2. The first-order valence-electron chi connectivity index (χ1n) is 5.59. The van der Waals surface area contributed by atoms with E-state index in [4.69, 9.17) is 5.11 Å². The molecule has 2 aromatic heterocycles. The zero-order valence-corrected chi connectivity index (χ0v) is 9.20. The van der Waals surface area contributed by atoms with Crippen molar-refractivity contribution in [3.63, 3.8) is 0 Å². The molecule has 0 aromatic carbocycles. The zero-order valence-electron chi connectivity index (χ0n) is 9.20. The number of anilines is 1. The molecule has 0 spiro atoms. The van der Waals surface area contributed by atoms with Gasteiger partial charge in [-0.05, 0) is 25.0 Å². The van der Waals surface area contributed by atoms with Crippen molar-refractivity contribution < 1.29 is 9.90 Å². The van der Waals surface area contributed by atoms with Gasteiger partial charge in [0.25, 0.3) is 0 Å². The third-order valence-corrected chi connectivity index (χ3v) is 2.96. The summed E-state index contributed by atoms with van der Waals surface area (Å²) in [4.78, 5) is 17.0. The maximum atomic E-state index is 10.8. The second kappa shape index (κ2) is 3.73. The van der Waals surface area contributed by atoms with Crippen molar-refractivity contribution in [1.29, 1.82) is 0 Å². The van der Waals surface area contributed by atoms with Crippen LogP contribution < -0.4 is 4.90 Å². The molecule has 0 aliphatic carbocycles. The molecular weight excluding hydrogens is 220 g/mol. The summed E-state index contributed by atoms with van der Waals surface area (Å²) in [6.45, 7) is 2.03. The predicted molar refractivity (Wildman–Crippen MR) is 61.4 cm³/mol. The highest BCUT2D eigenvalue weighted by Crippen LogP contribution is 2.17. The maximum Gasteiger partial charge on any atom is 0.356 e. The maximum absolute atomic E-state index is 10.8. The van der Waals surface area contributed by atoms with Crippen LogP contribution in [0.2, 0.25) is 0 Å².